The predicted octanol–water partition coefficient (Wildman–Crippen LogP) is 3.56. The van der Waals surface area contributed by atoms with Crippen molar-refractivity contribution >= 4 is 5.97 Å². The fourth-order valence-corrected chi connectivity index (χ4v) is 3.70. The lowest BCUT2D eigenvalue weighted by Crippen LogP contribution is -2.21. The first-order valence-electron chi connectivity index (χ1n) is 10.5. The van der Waals surface area contributed by atoms with Crippen molar-refractivity contribution < 1.29 is 43.1 Å². The molecule has 5 atom stereocenters. The van der Waals surface area contributed by atoms with Gasteiger partial charge in [-0.1, -0.05) is 30.4 Å². The number of benzene rings is 1. The summed E-state index contributed by atoms with van der Waals surface area (Å²) in [7, 11) is 0. The van der Waals surface area contributed by atoms with Crippen LogP contribution in [0.25, 0.3) is 0 Å². The average Bonchev–Trinajstić information content (AvgIpc) is 2.99. The maximum atomic E-state index is 12.8. The van der Waals surface area contributed by atoms with Gasteiger partial charge in [-0.15, -0.1) is 0 Å². The van der Waals surface area contributed by atoms with E-state index in [1.807, 2.05) is 12.2 Å². The number of alkyl halides is 3. The minimum atomic E-state index is -4.49. The molecule has 0 amide bonds. The predicted molar refractivity (Wildman–Crippen MR) is 111 cm³/mol. The largest absolute Gasteiger partial charge is 0.491 e. The Morgan fingerprint density at radius 2 is 1.97 bits per heavy atom. The molecule has 1 saturated carbocycles. The fraction of sp³-hybridized carbons (Fsp3) is 0.522. The lowest BCUT2D eigenvalue weighted by molar-refractivity contribution is -0.138. The van der Waals surface area contributed by atoms with Gasteiger partial charge in [0, 0.05) is 18.8 Å². The Hall–Kier alpha value is -2.36. The normalized spacial score (nSPS) is 24.9. The first-order chi connectivity index (χ1) is 15.1. The molecule has 4 N–H and O–H groups in total. The molecule has 9 heteroatoms. The van der Waals surface area contributed by atoms with E-state index in [-0.39, 0.29) is 31.1 Å². The zero-order valence-electron chi connectivity index (χ0n) is 17.5. The number of aliphatic hydroxyl groups is 3. The number of carboxylic acid groups (broad SMARTS) is 1. The molecule has 0 heterocycles. The number of carboxylic acids is 1. The molecule has 0 saturated heterocycles. The number of hydrogen-bond donors (Lipinski definition) is 4. The van der Waals surface area contributed by atoms with Crippen molar-refractivity contribution in [3.8, 4) is 5.75 Å². The number of carbonyl (C=O) groups is 1. The zero-order chi connectivity index (χ0) is 23.7. The Labute approximate surface area is 184 Å². The zero-order valence-corrected chi connectivity index (χ0v) is 17.5. The summed E-state index contributed by atoms with van der Waals surface area (Å²) in [4.78, 5) is 10.5. The van der Waals surface area contributed by atoms with Crippen LogP contribution < -0.4 is 4.74 Å². The monoisotopic (exact) mass is 458 g/mol. The number of hydrogen-bond acceptors (Lipinski definition) is 5. The Kier molecular flexibility index (Phi) is 9.74. The second-order valence-electron chi connectivity index (χ2n) is 7.89. The van der Waals surface area contributed by atoms with Crippen LogP contribution in [0.4, 0.5) is 13.2 Å². The maximum absolute atomic E-state index is 12.8. The van der Waals surface area contributed by atoms with Crippen LogP contribution in [0.15, 0.2) is 48.6 Å². The summed E-state index contributed by atoms with van der Waals surface area (Å²) in [6, 6.07) is 4.36. The minimum absolute atomic E-state index is 0.0190. The van der Waals surface area contributed by atoms with Crippen LogP contribution in [0.1, 0.15) is 37.7 Å². The standard InChI is InChI=1S/C23H29F3O6/c24-23(25,26)15-6-5-7-17(12-15)32-14-16(27)10-11-19-18(20(28)13-21(19)29)8-3-1-2-4-9-22(30)31/h1,3,5-7,10-12,16,18-21,27-29H,2,4,8-9,13-14H2,(H,30,31)/b3-1-,11-10+/t16?,18-,19+,20+,21-/m1/s1. The SMILES string of the molecule is O=C(O)CCC/C=C\C[C@@H]1[C@H](/C=C/C(O)COc2cccc(C(F)(F)F)c2)[C@H](O)C[C@@H]1O. The van der Waals surface area contributed by atoms with E-state index in [4.69, 9.17) is 9.84 Å². The first kappa shape index (κ1) is 25.9. The molecule has 0 spiro atoms. The second-order valence-corrected chi connectivity index (χ2v) is 7.89. The average molecular weight is 458 g/mol. The molecule has 0 aromatic heterocycles. The number of allylic oxidation sites excluding steroid dienone is 2. The van der Waals surface area contributed by atoms with E-state index < -0.39 is 41.9 Å². The highest BCUT2D eigenvalue weighted by Crippen LogP contribution is 2.36. The summed E-state index contributed by atoms with van der Waals surface area (Å²) in [5.41, 5.74) is -0.845. The number of ether oxygens (including phenoxy) is 1. The first-order valence-corrected chi connectivity index (χ1v) is 10.5. The Balaban J connectivity index is 1.87. The molecule has 32 heavy (non-hydrogen) atoms. The topological polar surface area (TPSA) is 107 Å². The molecule has 6 nitrogen and oxygen atoms in total. The molecule has 2 rings (SSSR count). The number of halogens is 3. The third-order valence-electron chi connectivity index (χ3n) is 5.39. The summed E-state index contributed by atoms with van der Waals surface area (Å²) in [5, 5.41) is 39.2. The van der Waals surface area contributed by atoms with Crippen LogP contribution in [0.5, 0.6) is 5.75 Å². The highest BCUT2D eigenvalue weighted by atomic mass is 19.4. The molecule has 1 aliphatic carbocycles. The van der Waals surface area contributed by atoms with E-state index in [0.717, 1.165) is 12.1 Å². The molecule has 0 radical (unpaired) electrons. The number of aliphatic hydroxyl groups excluding tert-OH is 3. The van der Waals surface area contributed by atoms with E-state index in [1.54, 1.807) is 6.08 Å². The van der Waals surface area contributed by atoms with Crippen molar-refractivity contribution in [2.45, 2.75) is 56.6 Å². The molecule has 0 bridgehead atoms. The Morgan fingerprint density at radius 3 is 2.66 bits per heavy atom. The van der Waals surface area contributed by atoms with Gasteiger partial charge in [-0.25, -0.2) is 0 Å². The van der Waals surface area contributed by atoms with Crippen LogP contribution in [0.3, 0.4) is 0 Å². The van der Waals surface area contributed by atoms with Gasteiger partial charge in [0.05, 0.1) is 17.8 Å². The number of unbranched alkanes of at least 4 members (excludes halogenated alkanes) is 1. The molecule has 1 fully saturated rings. The fourth-order valence-electron chi connectivity index (χ4n) is 3.70. The molecular weight excluding hydrogens is 429 g/mol. The smallest absolute Gasteiger partial charge is 0.416 e. The summed E-state index contributed by atoms with van der Waals surface area (Å²) in [6.07, 6.45) is 1.48. The molecule has 1 unspecified atom stereocenters. The second kappa shape index (κ2) is 12.0. The molecule has 0 aliphatic heterocycles. The summed E-state index contributed by atoms with van der Waals surface area (Å²) in [5.74, 6) is -1.55. The molecule has 1 aromatic rings. The van der Waals surface area contributed by atoms with Gasteiger partial charge in [0.25, 0.3) is 0 Å². The number of aliphatic carboxylic acids is 1. The highest BCUT2D eigenvalue weighted by molar-refractivity contribution is 5.66. The maximum Gasteiger partial charge on any atom is 0.416 e. The van der Waals surface area contributed by atoms with Crippen molar-refractivity contribution in [1.29, 1.82) is 0 Å². The highest BCUT2D eigenvalue weighted by Gasteiger charge is 2.39. The quantitative estimate of drug-likeness (QED) is 0.298. The lowest BCUT2D eigenvalue weighted by atomic mass is 9.89. The van der Waals surface area contributed by atoms with Gasteiger partial charge in [0.15, 0.2) is 0 Å². The van der Waals surface area contributed by atoms with E-state index in [9.17, 15) is 33.3 Å². The third-order valence-corrected chi connectivity index (χ3v) is 5.39. The van der Waals surface area contributed by atoms with Crippen molar-refractivity contribution in [3.05, 3.63) is 54.1 Å². The molecule has 178 valence electrons. The Bertz CT molecular complexity index is 792. The minimum Gasteiger partial charge on any atom is -0.491 e. The third kappa shape index (κ3) is 8.29. The molecular formula is C23H29F3O6. The van der Waals surface area contributed by atoms with Crippen LogP contribution in [0, 0.1) is 11.8 Å². The van der Waals surface area contributed by atoms with Gasteiger partial charge in [-0.3, -0.25) is 4.79 Å². The van der Waals surface area contributed by atoms with Crippen molar-refractivity contribution in [1.82, 2.24) is 0 Å². The molecule has 1 aromatic carbocycles. The van der Waals surface area contributed by atoms with Gasteiger partial charge in [-0.05, 0) is 43.4 Å². The van der Waals surface area contributed by atoms with Gasteiger partial charge in [0.2, 0.25) is 0 Å². The Morgan fingerprint density at radius 1 is 1.22 bits per heavy atom. The van der Waals surface area contributed by atoms with Gasteiger partial charge in [-0.2, -0.15) is 13.2 Å². The van der Waals surface area contributed by atoms with E-state index in [0.29, 0.717) is 19.3 Å². The summed E-state index contributed by atoms with van der Waals surface area (Å²) < 4.78 is 43.5. The summed E-state index contributed by atoms with van der Waals surface area (Å²) >= 11 is 0. The van der Waals surface area contributed by atoms with Gasteiger partial charge < -0.3 is 25.2 Å². The summed E-state index contributed by atoms with van der Waals surface area (Å²) in [6.45, 7) is -0.267. The van der Waals surface area contributed by atoms with Crippen molar-refractivity contribution in [2.24, 2.45) is 11.8 Å². The van der Waals surface area contributed by atoms with Gasteiger partial charge >= 0.3 is 12.1 Å². The van der Waals surface area contributed by atoms with Crippen molar-refractivity contribution in [2.75, 3.05) is 6.61 Å². The van der Waals surface area contributed by atoms with E-state index in [2.05, 4.69) is 0 Å². The van der Waals surface area contributed by atoms with E-state index in [1.165, 1.54) is 18.2 Å². The van der Waals surface area contributed by atoms with E-state index >= 15 is 0 Å². The van der Waals surface area contributed by atoms with Crippen molar-refractivity contribution in [3.63, 3.8) is 0 Å². The number of rotatable bonds is 11. The van der Waals surface area contributed by atoms with Gasteiger partial charge in [0.1, 0.15) is 18.5 Å². The van der Waals surface area contributed by atoms with Crippen LogP contribution >= 0.6 is 0 Å². The van der Waals surface area contributed by atoms with Crippen LogP contribution in [-0.2, 0) is 11.0 Å². The van der Waals surface area contributed by atoms with Crippen LogP contribution in [0.2, 0.25) is 0 Å². The molecule has 1 aliphatic rings. The lowest BCUT2D eigenvalue weighted by Gasteiger charge is -2.19. The van der Waals surface area contributed by atoms with Crippen LogP contribution in [-0.4, -0.2) is 51.3 Å².